The summed E-state index contributed by atoms with van der Waals surface area (Å²) in [4.78, 5) is 16.1. The Hall–Kier alpha value is -1.47. The van der Waals surface area contributed by atoms with Gasteiger partial charge in [0.2, 0.25) is 11.0 Å². The fourth-order valence-electron chi connectivity index (χ4n) is 1.21. The van der Waals surface area contributed by atoms with Crippen LogP contribution in [0.15, 0.2) is 29.4 Å². The molecule has 1 amide bonds. The largest absolute Gasteiger partial charge is 0.300 e. The number of aromatic nitrogens is 3. The summed E-state index contributed by atoms with van der Waals surface area (Å²) >= 11 is 2.77. The SMILES string of the molecule is Cc1nnc(NC(=O)[C@@H](C)Sc2ccccn2)s1. The maximum absolute atomic E-state index is 11.9. The molecule has 0 aliphatic heterocycles. The van der Waals surface area contributed by atoms with Crippen molar-refractivity contribution < 1.29 is 4.79 Å². The minimum Gasteiger partial charge on any atom is -0.300 e. The molecule has 1 N–H and O–H groups in total. The molecule has 2 aromatic heterocycles. The van der Waals surface area contributed by atoms with E-state index < -0.39 is 0 Å². The zero-order valence-corrected chi connectivity index (χ0v) is 11.6. The van der Waals surface area contributed by atoms with Crippen molar-refractivity contribution in [3.63, 3.8) is 0 Å². The highest BCUT2D eigenvalue weighted by Gasteiger charge is 2.16. The number of nitrogens with one attached hydrogen (secondary N) is 1. The molecule has 0 unspecified atom stereocenters. The molecule has 1 atom stereocenters. The first-order valence-corrected chi connectivity index (χ1v) is 7.03. The van der Waals surface area contributed by atoms with Gasteiger partial charge in [-0.1, -0.05) is 29.2 Å². The summed E-state index contributed by atoms with van der Waals surface area (Å²) in [6.45, 7) is 3.68. The van der Waals surface area contributed by atoms with Gasteiger partial charge in [-0.15, -0.1) is 10.2 Å². The van der Waals surface area contributed by atoms with Crippen molar-refractivity contribution in [2.24, 2.45) is 0 Å². The van der Waals surface area contributed by atoms with Crippen LogP contribution in [0.5, 0.6) is 0 Å². The maximum atomic E-state index is 11.9. The lowest BCUT2D eigenvalue weighted by atomic mass is 10.4. The van der Waals surface area contributed by atoms with Gasteiger partial charge in [0, 0.05) is 6.20 Å². The molecule has 7 heteroatoms. The van der Waals surface area contributed by atoms with E-state index in [1.807, 2.05) is 32.0 Å². The second-order valence-electron chi connectivity index (χ2n) is 3.54. The Kier molecular flexibility index (Phi) is 4.27. The van der Waals surface area contributed by atoms with Crippen LogP contribution < -0.4 is 5.32 Å². The van der Waals surface area contributed by atoms with Crippen molar-refractivity contribution in [3.8, 4) is 0 Å². The lowest BCUT2D eigenvalue weighted by Gasteiger charge is -2.09. The predicted molar refractivity (Wildman–Crippen MR) is 72.8 cm³/mol. The Morgan fingerprint density at radius 3 is 2.89 bits per heavy atom. The second kappa shape index (κ2) is 5.92. The van der Waals surface area contributed by atoms with E-state index in [4.69, 9.17) is 0 Å². The summed E-state index contributed by atoms with van der Waals surface area (Å²) in [7, 11) is 0. The number of rotatable bonds is 4. The molecule has 0 radical (unpaired) electrons. The molecule has 18 heavy (non-hydrogen) atoms. The van der Waals surface area contributed by atoms with Gasteiger partial charge in [-0.05, 0) is 26.0 Å². The summed E-state index contributed by atoms with van der Waals surface area (Å²) in [6, 6.07) is 5.62. The highest BCUT2D eigenvalue weighted by molar-refractivity contribution is 8.00. The van der Waals surface area contributed by atoms with Crippen LogP contribution in [0.25, 0.3) is 0 Å². The molecule has 2 aromatic rings. The van der Waals surface area contributed by atoms with Crippen LogP contribution in [0.4, 0.5) is 5.13 Å². The Bertz CT molecular complexity index is 529. The lowest BCUT2D eigenvalue weighted by molar-refractivity contribution is -0.115. The summed E-state index contributed by atoms with van der Waals surface area (Å²) in [6.07, 6.45) is 1.71. The van der Waals surface area contributed by atoms with E-state index in [1.54, 1.807) is 6.20 Å². The second-order valence-corrected chi connectivity index (χ2v) is 6.09. The first-order valence-electron chi connectivity index (χ1n) is 5.34. The van der Waals surface area contributed by atoms with Crippen LogP contribution in [0.1, 0.15) is 11.9 Å². The molecular weight excluding hydrogens is 268 g/mol. The van der Waals surface area contributed by atoms with Crippen molar-refractivity contribution in [3.05, 3.63) is 29.4 Å². The van der Waals surface area contributed by atoms with Gasteiger partial charge >= 0.3 is 0 Å². The normalized spacial score (nSPS) is 12.1. The molecule has 0 fully saturated rings. The van der Waals surface area contributed by atoms with Gasteiger partial charge in [-0.25, -0.2) is 4.98 Å². The first kappa shape index (κ1) is 13.0. The molecule has 2 heterocycles. The van der Waals surface area contributed by atoms with Gasteiger partial charge in [0.05, 0.1) is 10.3 Å². The Morgan fingerprint density at radius 2 is 2.28 bits per heavy atom. The molecule has 94 valence electrons. The first-order chi connectivity index (χ1) is 8.65. The average molecular weight is 280 g/mol. The molecule has 2 rings (SSSR count). The van der Waals surface area contributed by atoms with Crippen LogP contribution in [0.2, 0.25) is 0 Å². The maximum Gasteiger partial charge on any atom is 0.239 e. The van der Waals surface area contributed by atoms with Crippen molar-refractivity contribution in [2.45, 2.75) is 24.1 Å². The molecule has 0 bridgehead atoms. The number of hydrogen-bond acceptors (Lipinski definition) is 6. The quantitative estimate of drug-likeness (QED) is 0.871. The van der Waals surface area contributed by atoms with Gasteiger partial charge in [0.15, 0.2) is 0 Å². The summed E-state index contributed by atoms with van der Waals surface area (Å²) < 4.78 is 0. The number of carbonyl (C=O) groups excluding carboxylic acids is 1. The van der Waals surface area contributed by atoms with Crippen LogP contribution in [-0.4, -0.2) is 26.3 Å². The van der Waals surface area contributed by atoms with E-state index in [0.717, 1.165) is 10.0 Å². The topological polar surface area (TPSA) is 67.8 Å². The third-order valence-electron chi connectivity index (χ3n) is 2.06. The number of amides is 1. The molecule has 5 nitrogen and oxygen atoms in total. The van der Waals surface area contributed by atoms with Crippen molar-refractivity contribution in [1.82, 2.24) is 15.2 Å². The summed E-state index contributed by atoms with van der Waals surface area (Å²) in [5.74, 6) is -0.0956. The number of thioether (sulfide) groups is 1. The Balaban J connectivity index is 1.93. The highest BCUT2D eigenvalue weighted by atomic mass is 32.2. The van der Waals surface area contributed by atoms with Crippen LogP contribution in [0, 0.1) is 6.92 Å². The van der Waals surface area contributed by atoms with E-state index in [-0.39, 0.29) is 11.2 Å². The molecule has 0 spiro atoms. The van der Waals surface area contributed by atoms with Gasteiger partial charge < -0.3 is 0 Å². The number of anilines is 1. The van der Waals surface area contributed by atoms with Crippen LogP contribution in [-0.2, 0) is 4.79 Å². The highest BCUT2D eigenvalue weighted by Crippen LogP contribution is 2.22. The molecule has 0 aromatic carbocycles. The standard InChI is InChI=1S/C11H12N4OS2/c1-7(17-9-5-3-4-6-12-9)10(16)13-11-15-14-8(2)18-11/h3-7H,1-2H3,(H,13,15,16)/t7-/m1/s1. The minimum absolute atomic E-state index is 0.0956. The number of pyridine rings is 1. The molecule has 0 aliphatic rings. The van der Waals surface area contributed by atoms with E-state index >= 15 is 0 Å². The third-order valence-corrected chi connectivity index (χ3v) is 3.87. The third kappa shape index (κ3) is 3.51. The fraction of sp³-hybridized carbons (Fsp3) is 0.273. The lowest BCUT2D eigenvalue weighted by Crippen LogP contribution is -2.22. The van der Waals surface area contributed by atoms with E-state index in [9.17, 15) is 4.79 Å². The van der Waals surface area contributed by atoms with Crippen LogP contribution >= 0.6 is 23.1 Å². The van der Waals surface area contributed by atoms with Gasteiger partial charge in [0.1, 0.15) is 5.01 Å². The Morgan fingerprint density at radius 1 is 1.44 bits per heavy atom. The number of nitrogens with zero attached hydrogens (tertiary/aromatic N) is 3. The molecule has 0 saturated carbocycles. The van der Waals surface area contributed by atoms with Crippen molar-refractivity contribution >= 4 is 34.1 Å². The zero-order chi connectivity index (χ0) is 13.0. The molecule has 0 saturated heterocycles. The van der Waals surface area contributed by atoms with Crippen LogP contribution in [0.3, 0.4) is 0 Å². The van der Waals surface area contributed by atoms with Gasteiger partial charge in [0.25, 0.3) is 0 Å². The smallest absolute Gasteiger partial charge is 0.239 e. The monoisotopic (exact) mass is 280 g/mol. The van der Waals surface area contributed by atoms with Gasteiger partial charge in [-0.2, -0.15) is 0 Å². The predicted octanol–water partition coefficient (Wildman–Crippen LogP) is 2.36. The number of aryl methyl sites for hydroxylation is 1. The average Bonchev–Trinajstić information content (AvgIpc) is 2.76. The fourth-order valence-corrected chi connectivity index (χ4v) is 2.61. The van der Waals surface area contributed by atoms with E-state index in [1.165, 1.54) is 23.1 Å². The van der Waals surface area contributed by atoms with Crippen molar-refractivity contribution in [2.75, 3.05) is 5.32 Å². The number of hydrogen-bond donors (Lipinski definition) is 1. The Labute approximate surface area is 113 Å². The van der Waals surface area contributed by atoms with Gasteiger partial charge in [-0.3, -0.25) is 10.1 Å². The van der Waals surface area contributed by atoms with E-state index in [0.29, 0.717) is 5.13 Å². The van der Waals surface area contributed by atoms with Crippen molar-refractivity contribution in [1.29, 1.82) is 0 Å². The molecular formula is C11H12N4OS2. The zero-order valence-electron chi connectivity index (χ0n) is 9.95. The summed E-state index contributed by atoms with van der Waals surface area (Å²) in [5, 5.41) is 12.4. The summed E-state index contributed by atoms with van der Waals surface area (Å²) in [5.41, 5.74) is 0. The molecule has 0 aliphatic carbocycles. The number of carbonyl (C=O) groups is 1. The minimum atomic E-state index is -0.232. The van der Waals surface area contributed by atoms with E-state index in [2.05, 4.69) is 20.5 Å².